The Morgan fingerprint density at radius 3 is 1.52 bits per heavy atom. The minimum Gasteiger partial charge on any atom is -0.790 e. The van der Waals surface area contributed by atoms with Gasteiger partial charge in [-0.3, -0.25) is 4.79 Å². The molecule has 11 nitrogen and oxygen atoms in total. The molecule has 0 fully saturated rings. The Morgan fingerprint density at radius 1 is 1.00 bits per heavy atom. The van der Waals surface area contributed by atoms with Gasteiger partial charge in [0.1, 0.15) is 6.04 Å². The minimum atomic E-state index is -5.68. The number of carboxylic acids is 1. The number of hydrogen-bond acceptors (Lipinski definition) is 10. The Labute approximate surface area is 304 Å². The second-order valence-corrected chi connectivity index (χ2v) is 5.65. The molecular formula is C6H14K4N2O9P2. The average Bonchev–Trinajstić information content (AvgIpc) is 2.12. The summed E-state index contributed by atoms with van der Waals surface area (Å²) in [6, 6.07) is -0.716. The zero-order chi connectivity index (χ0) is 15.7. The second-order valence-electron chi connectivity index (χ2n) is 3.21. The molecule has 0 aromatic rings. The van der Waals surface area contributed by atoms with Crippen LogP contribution in [0.25, 0.3) is 0 Å². The summed E-state index contributed by atoms with van der Waals surface area (Å²) in [4.78, 5) is 47.4. The number of rotatable bonds is 7. The molecule has 0 aromatic heterocycles. The maximum absolute atomic E-state index is 10.1. The van der Waals surface area contributed by atoms with Gasteiger partial charge in [-0.2, -0.15) is 0 Å². The first-order chi connectivity index (χ1) is 8.39. The summed E-state index contributed by atoms with van der Waals surface area (Å²) in [5.41, 5.74) is 10.4. The van der Waals surface area contributed by atoms with Gasteiger partial charge in [0.2, 0.25) is 0 Å². The van der Waals surface area contributed by atoms with Crippen molar-refractivity contribution in [2.45, 2.75) is 25.3 Å². The van der Waals surface area contributed by atoms with Gasteiger partial charge in [0.05, 0.1) is 15.6 Å². The molecule has 0 aliphatic heterocycles. The molecule has 0 heterocycles. The van der Waals surface area contributed by atoms with Crippen molar-refractivity contribution in [1.82, 2.24) is 0 Å². The fourth-order valence-corrected chi connectivity index (χ4v) is 1.73. The largest absolute Gasteiger partial charge is 1.00 e. The van der Waals surface area contributed by atoms with Gasteiger partial charge in [0, 0.05) is 0 Å². The predicted molar refractivity (Wildman–Crippen MR) is 54.8 cm³/mol. The van der Waals surface area contributed by atoms with Crippen LogP contribution >= 0.6 is 15.6 Å². The number of nitrogens with two attached hydrogens (primary N) is 2. The van der Waals surface area contributed by atoms with E-state index in [0.29, 0.717) is 13.0 Å². The summed E-state index contributed by atoms with van der Waals surface area (Å²) in [7, 11) is -11.4. The number of hydrogen-bond donors (Lipinski definition) is 3. The fourth-order valence-electron chi connectivity index (χ4n) is 0.755. The fraction of sp³-hybridized carbons (Fsp3) is 0.833. The molecule has 0 aliphatic carbocycles. The molecule has 0 aliphatic rings. The van der Waals surface area contributed by atoms with Gasteiger partial charge in [-0.25, -0.2) is 0 Å². The molecule has 0 saturated carbocycles. The van der Waals surface area contributed by atoms with Gasteiger partial charge in [-0.15, -0.1) is 0 Å². The summed E-state index contributed by atoms with van der Waals surface area (Å²) < 4.78 is 21.2. The molecule has 0 saturated heterocycles. The van der Waals surface area contributed by atoms with Crippen LogP contribution in [0.5, 0.6) is 0 Å². The molecule has 5 N–H and O–H groups in total. The summed E-state index contributed by atoms with van der Waals surface area (Å²) in [6.45, 7) is 0.604. The molecule has 0 spiro atoms. The van der Waals surface area contributed by atoms with Gasteiger partial charge in [0.25, 0.3) is 0 Å². The number of unbranched alkanes of at least 4 members (excludes halogenated alkanes) is 1. The van der Waals surface area contributed by atoms with Crippen LogP contribution in [0.2, 0.25) is 0 Å². The Bertz CT molecular complexity index is 346. The van der Waals surface area contributed by atoms with Crippen molar-refractivity contribution < 1.29 is 248 Å². The molecule has 1 atom stereocenters. The zero-order valence-corrected chi connectivity index (χ0v) is 27.9. The second kappa shape index (κ2) is 24.5. The first kappa shape index (κ1) is 43.1. The monoisotopic (exact) mass is 476 g/mol. The SMILES string of the molecule is NCCCC[C@H](N)C(=O)O.O=P([O-])([O-])OP(=O)([O-])[O-].[K+].[K+].[K+].[K+]. The summed E-state index contributed by atoms with van der Waals surface area (Å²) in [6.07, 6.45) is 2.16. The van der Waals surface area contributed by atoms with Crippen molar-refractivity contribution in [3.8, 4) is 0 Å². The van der Waals surface area contributed by atoms with E-state index in [9.17, 15) is 33.5 Å². The van der Waals surface area contributed by atoms with Crippen LogP contribution in [0.15, 0.2) is 0 Å². The van der Waals surface area contributed by atoms with Crippen LogP contribution in [0.4, 0.5) is 0 Å². The van der Waals surface area contributed by atoms with Crippen LogP contribution in [0.3, 0.4) is 0 Å². The molecule has 17 heteroatoms. The van der Waals surface area contributed by atoms with Gasteiger partial charge in [-0.05, 0) is 19.4 Å². The van der Waals surface area contributed by atoms with E-state index in [1.807, 2.05) is 0 Å². The predicted octanol–water partition coefficient (Wildman–Crippen LogP) is -15.8. The van der Waals surface area contributed by atoms with Crippen molar-refractivity contribution in [3.05, 3.63) is 0 Å². The Hall–Kier alpha value is 6.20. The zero-order valence-electron chi connectivity index (χ0n) is 13.7. The smallest absolute Gasteiger partial charge is 0.790 e. The van der Waals surface area contributed by atoms with Crippen molar-refractivity contribution in [3.63, 3.8) is 0 Å². The molecular weight excluding hydrogens is 462 g/mol. The quantitative estimate of drug-likeness (QED) is 0.177. The first-order valence-corrected chi connectivity index (χ1v) is 7.75. The molecule has 0 aromatic carbocycles. The minimum absolute atomic E-state index is 0. The van der Waals surface area contributed by atoms with E-state index >= 15 is 0 Å². The number of aliphatic carboxylic acids is 1. The van der Waals surface area contributed by atoms with E-state index in [0.717, 1.165) is 12.8 Å². The van der Waals surface area contributed by atoms with Gasteiger partial charge in [-0.1, -0.05) is 6.42 Å². The van der Waals surface area contributed by atoms with Crippen molar-refractivity contribution >= 4 is 21.6 Å². The van der Waals surface area contributed by atoms with Crippen LogP contribution in [-0.2, 0) is 18.2 Å². The van der Waals surface area contributed by atoms with Crippen LogP contribution in [0.1, 0.15) is 19.3 Å². The average molecular weight is 477 g/mol. The van der Waals surface area contributed by atoms with E-state index in [-0.39, 0.29) is 206 Å². The van der Waals surface area contributed by atoms with Crippen LogP contribution in [0, 0.1) is 0 Å². The standard InChI is InChI=1S/C6H14N2O2.4K.H4O7P2/c7-4-2-1-3-5(8)6(9)10;;;;;1-8(2,3)7-9(4,5)6/h5H,1-4,7-8H2,(H,9,10);;;;;(H2,1,2,3)(H2,4,5,6)/q;4*+1;/p-4/t5-;;;;;/m0...../s1. The summed E-state index contributed by atoms with van der Waals surface area (Å²) >= 11 is 0. The van der Waals surface area contributed by atoms with E-state index in [1.165, 1.54) is 0 Å². The third kappa shape index (κ3) is 43.1. The Kier molecular flexibility index (Phi) is 45.9. The molecule has 116 valence electrons. The molecule has 0 bridgehead atoms. The van der Waals surface area contributed by atoms with E-state index in [2.05, 4.69) is 4.31 Å². The van der Waals surface area contributed by atoms with Gasteiger partial charge < -0.3 is 49.6 Å². The van der Waals surface area contributed by atoms with E-state index in [1.54, 1.807) is 0 Å². The summed E-state index contributed by atoms with van der Waals surface area (Å²) in [5.74, 6) is -0.933. The number of phosphoric acid groups is 2. The van der Waals surface area contributed by atoms with E-state index < -0.39 is 27.7 Å². The van der Waals surface area contributed by atoms with Gasteiger partial charge >= 0.3 is 212 Å². The maximum Gasteiger partial charge on any atom is 1.00 e. The Morgan fingerprint density at radius 2 is 1.35 bits per heavy atom. The maximum atomic E-state index is 10.1. The van der Waals surface area contributed by atoms with Gasteiger partial charge in [0.15, 0.2) is 0 Å². The van der Waals surface area contributed by atoms with E-state index in [4.69, 9.17) is 16.6 Å². The third-order valence-corrected chi connectivity index (χ3v) is 3.09. The third-order valence-electron chi connectivity index (χ3n) is 1.49. The van der Waals surface area contributed by atoms with Crippen molar-refractivity contribution in [2.75, 3.05) is 6.54 Å². The molecule has 0 unspecified atom stereocenters. The number of carboxylic acid groups (broad SMARTS) is 1. The molecule has 0 radical (unpaired) electrons. The number of carbonyl (C=O) groups is 1. The normalized spacial score (nSPS) is 11.0. The van der Waals surface area contributed by atoms with Crippen LogP contribution < -0.4 is 237 Å². The molecule has 0 rings (SSSR count). The first-order valence-electron chi connectivity index (χ1n) is 4.83. The molecule has 23 heavy (non-hydrogen) atoms. The topological polar surface area (TPSA) is 225 Å². The van der Waals surface area contributed by atoms with Crippen molar-refractivity contribution in [1.29, 1.82) is 0 Å². The summed E-state index contributed by atoms with van der Waals surface area (Å²) in [5, 5.41) is 8.33. The van der Waals surface area contributed by atoms with Crippen molar-refractivity contribution in [2.24, 2.45) is 11.5 Å². The van der Waals surface area contributed by atoms with Crippen LogP contribution in [-0.4, -0.2) is 23.7 Å². The molecule has 0 amide bonds. The Balaban J connectivity index is -0.0000000537.